The molecule has 3 aromatic rings. The van der Waals surface area contributed by atoms with E-state index < -0.39 is 0 Å². The number of nitrogens with zero attached hydrogens (tertiary/aromatic N) is 3. The van der Waals surface area contributed by atoms with Gasteiger partial charge in [-0.3, -0.25) is 9.59 Å². The van der Waals surface area contributed by atoms with E-state index in [1.807, 2.05) is 25.1 Å². The first-order valence-electron chi connectivity index (χ1n) is 7.97. The standard InChI is InChI=1S/C17H18N4O3/c1-11-2-3-14-12(8-11)13-9-18-21(17(23)16(13)19-14)10-15(22)20-4-6-24-7-5-20/h2-3,8-9,19H,4-7,10H2,1H3. The fourth-order valence-electron chi connectivity index (χ4n) is 3.09. The Morgan fingerprint density at radius 2 is 2.08 bits per heavy atom. The highest BCUT2D eigenvalue weighted by molar-refractivity contribution is 6.06. The highest BCUT2D eigenvalue weighted by Crippen LogP contribution is 2.23. The SMILES string of the molecule is Cc1ccc2[nH]c3c(=O)n(CC(=O)N4CCOCC4)ncc3c2c1. The maximum atomic E-state index is 12.7. The van der Waals surface area contributed by atoms with Crippen molar-refractivity contribution in [3.8, 4) is 0 Å². The van der Waals surface area contributed by atoms with Gasteiger partial charge in [-0.1, -0.05) is 11.6 Å². The predicted octanol–water partition coefficient (Wildman–Crippen LogP) is 1.05. The van der Waals surface area contributed by atoms with Crippen LogP contribution in [0.5, 0.6) is 0 Å². The Morgan fingerprint density at radius 3 is 2.88 bits per heavy atom. The largest absolute Gasteiger partial charge is 0.378 e. The number of nitrogens with one attached hydrogen (secondary N) is 1. The van der Waals surface area contributed by atoms with E-state index in [1.165, 1.54) is 4.68 Å². The lowest BCUT2D eigenvalue weighted by atomic mass is 10.1. The molecule has 1 aliphatic heterocycles. The van der Waals surface area contributed by atoms with Gasteiger partial charge in [-0.25, -0.2) is 4.68 Å². The molecule has 0 saturated carbocycles. The van der Waals surface area contributed by atoms with Crippen LogP contribution in [0.3, 0.4) is 0 Å². The van der Waals surface area contributed by atoms with Crippen molar-refractivity contribution >= 4 is 27.7 Å². The molecular formula is C17H18N4O3. The van der Waals surface area contributed by atoms with Gasteiger partial charge in [-0.15, -0.1) is 0 Å². The van der Waals surface area contributed by atoms with E-state index >= 15 is 0 Å². The zero-order chi connectivity index (χ0) is 16.7. The van der Waals surface area contributed by atoms with Gasteiger partial charge >= 0.3 is 0 Å². The Morgan fingerprint density at radius 1 is 1.29 bits per heavy atom. The van der Waals surface area contributed by atoms with Crippen molar-refractivity contribution in [2.24, 2.45) is 0 Å². The maximum absolute atomic E-state index is 12.7. The highest BCUT2D eigenvalue weighted by Gasteiger charge is 2.19. The van der Waals surface area contributed by atoms with Crippen molar-refractivity contribution in [1.82, 2.24) is 19.7 Å². The number of hydrogen-bond acceptors (Lipinski definition) is 4. The molecule has 1 N–H and O–H groups in total. The molecule has 3 heterocycles. The van der Waals surface area contributed by atoms with Crippen LogP contribution in [-0.4, -0.2) is 51.9 Å². The summed E-state index contributed by atoms with van der Waals surface area (Å²) in [4.78, 5) is 29.9. The van der Waals surface area contributed by atoms with Crippen LogP contribution < -0.4 is 5.56 Å². The van der Waals surface area contributed by atoms with Gasteiger partial charge in [-0.05, 0) is 19.1 Å². The predicted molar refractivity (Wildman–Crippen MR) is 90.0 cm³/mol. The molecule has 1 aliphatic rings. The summed E-state index contributed by atoms with van der Waals surface area (Å²) >= 11 is 0. The number of aryl methyl sites for hydroxylation is 1. The van der Waals surface area contributed by atoms with Crippen molar-refractivity contribution in [2.75, 3.05) is 26.3 Å². The molecule has 0 spiro atoms. The lowest BCUT2D eigenvalue weighted by Gasteiger charge is -2.26. The number of morpholine rings is 1. The number of rotatable bonds is 2. The van der Waals surface area contributed by atoms with E-state index in [9.17, 15) is 9.59 Å². The van der Waals surface area contributed by atoms with E-state index in [2.05, 4.69) is 10.1 Å². The van der Waals surface area contributed by atoms with Crippen LogP contribution in [0.4, 0.5) is 0 Å². The molecule has 0 aliphatic carbocycles. The summed E-state index contributed by atoms with van der Waals surface area (Å²) in [5.74, 6) is -0.112. The summed E-state index contributed by atoms with van der Waals surface area (Å²) < 4.78 is 6.47. The number of ether oxygens (including phenoxy) is 1. The molecule has 124 valence electrons. The first kappa shape index (κ1) is 14.9. The average Bonchev–Trinajstić information content (AvgIpc) is 2.97. The molecule has 7 heteroatoms. The van der Waals surface area contributed by atoms with Gasteiger partial charge in [-0.2, -0.15) is 5.10 Å². The summed E-state index contributed by atoms with van der Waals surface area (Å²) in [7, 11) is 0. The molecular weight excluding hydrogens is 308 g/mol. The van der Waals surface area contributed by atoms with Crippen LogP contribution in [0.25, 0.3) is 21.8 Å². The van der Waals surface area contributed by atoms with E-state index in [-0.39, 0.29) is 18.0 Å². The molecule has 7 nitrogen and oxygen atoms in total. The second-order valence-corrected chi connectivity index (χ2v) is 6.06. The third-order valence-electron chi connectivity index (χ3n) is 4.42. The molecule has 2 aromatic heterocycles. The zero-order valence-corrected chi connectivity index (χ0v) is 13.4. The molecule has 0 unspecified atom stereocenters. The molecule has 1 amide bonds. The van der Waals surface area contributed by atoms with Gasteiger partial charge in [0.1, 0.15) is 12.1 Å². The number of aromatic nitrogens is 3. The Bertz CT molecular complexity index is 983. The first-order chi connectivity index (χ1) is 11.6. The number of fused-ring (bicyclic) bond motifs is 3. The van der Waals surface area contributed by atoms with Crippen LogP contribution in [0.1, 0.15) is 5.56 Å². The third kappa shape index (κ3) is 2.46. The number of H-pyrrole nitrogens is 1. The Hall–Kier alpha value is -2.67. The van der Waals surface area contributed by atoms with Gasteiger partial charge in [0.2, 0.25) is 5.91 Å². The van der Waals surface area contributed by atoms with Crippen molar-refractivity contribution in [2.45, 2.75) is 13.5 Å². The van der Waals surface area contributed by atoms with Crippen LogP contribution in [0, 0.1) is 6.92 Å². The van der Waals surface area contributed by atoms with Crippen molar-refractivity contribution < 1.29 is 9.53 Å². The van der Waals surface area contributed by atoms with Crippen molar-refractivity contribution in [3.05, 3.63) is 40.3 Å². The van der Waals surface area contributed by atoms with E-state index in [0.29, 0.717) is 31.8 Å². The van der Waals surface area contributed by atoms with Gasteiger partial charge in [0.05, 0.1) is 19.4 Å². The number of hydrogen-bond donors (Lipinski definition) is 1. The smallest absolute Gasteiger partial charge is 0.291 e. The normalized spacial score (nSPS) is 15.3. The average molecular weight is 326 g/mol. The highest BCUT2D eigenvalue weighted by atomic mass is 16.5. The minimum absolute atomic E-state index is 0.0524. The first-order valence-corrected chi connectivity index (χ1v) is 7.97. The van der Waals surface area contributed by atoms with Crippen LogP contribution >= 0.6 is 0 Å². The van der Waals surface area contributed by atoms with Crippen molar-refractivity contribution in [1.29, 1.82) is 0 Å². The maximum Gasteiger partial charge on any atom is 0.291 e. The summed E-state index contributed by atoms with van der Waals surface area (Å²) in [6.45, 7) is 4.14. The number of aromatic amines is 1. The van der Waals surface area contributed by atoms with E-state index in [0.717, 1.165) is 21.9 Å². The molecule has 0 radical (unpaired) electrons. The number of carbonyl (C=O) groups excluding carboxylic acids is 1. The molecule has 1 aromatic carbocycles. The summed E-state index contributed by atoms with van der Waals surface area (Å²) in [5.41, 5.74) is 2.23. The molecule has 0 atom stereocenters. The topological polar surface area (TPSA) is 80.2 Å². The van der Waals surface area contributed by atoms with Crippen LogP contribution in [0.15, 0.2) is 29.2 Å². The quantitative estimate of drug-likeness (QED) is 0.763. The van der Waals surface area contributed by atoms with Gasteiger partial charge < -0.3 is 14.6 Å². The Kier molecular flexibility index (Phi) is 3.57. The number of amides is 1. The zero-order valence-electron chi connectivity index (χ0n) is 13.4. The second-order valence-electron chi connectivity index (χ2n) is 6.06. The lowest BCUT2D eigenvalue weighted by molar-refractivity contribution is -0.136. The summed E-state index contributed by atoms with van der Waals surface area (Å²) in [6.07, 6.45) is 1.65. The third-order valence-corrected chi connectivity index (χ3v) is 4.42. The molecule has 0 bridgehead atoms. The monoisotopic (exact) mass is 326 g/mol. The van der Waals surface area contributed by atoms with E-state index in [1.54, 1.807) is 11.1 Å². The minimum atomic E-state index is -0.275. The van der Waals surface area contributed by atoms with E-state index in [4.69, 9.17) is 4.74 Å². The van der Waals surface area contributed by atoms with Crippen molar-refractivity contribution in [3.63, 3.8) is 0 Å². The Labute approximate surface area is 137 Å². The van der Waals surface area contributed by atoms with Gasteiger partial charge in [0, 0.05) is 29.4 Å². The van der Waals surface area contributed by atoms with Crippen LogP contribution in [0.2, 0.25) is 0 Å². The minimum Gasteiger partial charge on any atom is -0.378 e. The number of carbonyl (C=O) groups is 1. The Balaban J connectivity index is 1.72. The summed E-state index contributed by atoms with van der Waals surface area (Å²) in [5, 5.41) is 5.96. The number of benzene rings is 1. The fraction of sp³-hybridized carbons (Fsp3) is 0.353. The van der Waals surface area contributed by atoms with Gasteiger partial charge in [0.15, 0.2) is 0 Å². The molecule has 1 saturated heterocycles. The summed E-state index contributed by atoms with van der Waals surface area (Å²) in [6, 6.07) is 5.97. The molecule has 24 heavy (non-hydrogen) atoms. The molecule has 4 rings (SSSR count). The van der Waals surface area contributed by atoms with Gasteiger partial charge in [0.25, 0.3) is 5.56 Å². The molecule has 1 fully saturated rings. The fourth-order valence-corrected chi connectivity index (χ4v) is 3.09. The second kappa shape index (κ2) is 5.76. The lowest BCUT2D eigenvalue weighted by Crippen LogP contribution is -2.43. The van der Waals surface area contributed by atoms with Crippen LogP contribution in [-0.2, 0) is 16.1 Å².